The number of methoxy groups -OCH3 is 2. The first-order valence-corrected chi connectivity index (χ1v) is 16.0. The number of benzene rings is 2. The summed E-state index contributed by atoms with van der Waals surface area (Å²) < 4.78 is 23.4. The summed E-state index contributed by atoms with van der Waals surface area (Å²) in [5.41, 5.74) is 4.48. The number of rotatable bonds is 9. The molecule has 2 fully saturated rings. The highest BCUT2D eigenvalue weighted by atomic mass is 127. The Balaban J connectivity index is 1.32. The van der Waals surface area contributed by atoms with E-state index >= 15 is 0 Å². The van der Waals surface area contributed by atoms with Gasteiger partial charge >= 0.3 is 6.09 Å². The molecule has 1 N–H and O–H groups in total. The van der Waals surface area contributed by atoms with Crippen molar-refractivity contribution in [3.05, 3.63) is 92.8 Å². The summed E-state index contributed by atoms with van der Waals surface area (Å²) in [5, 5.41) is 10.4. The number of carbonyl (C=O) groups is 3. The van der Waals surface area contributed by atoms with E-state index in [1.54, 1.807) is 12.3 Å². The molecule has 3 amide bonds. The van der Waals surface area contributed by atoms with Gasteiger partial charge in [-0.25, -0.2) is 4.79 Å². The number of para-hydroxylation sites is 1. The SMILES string of the molecule is COC(=O)N1C(=O)[C@@H]2[C@@H](CC(COc3ccccc3)=C3[C@@H](CC/C(=C/c4cc(I)c(O)c(OC)c4)c4ccccn4)OC[C@@H]32)C1=O. The summed E-state index contributed by atoms with van der Waals surface area (Å²) in [5.74, 6) is -1.69. The second-order valence-electron chi connectivity index (χ2n) is 11.4. The van der Waals surface area contributed by atoms with Crippen molar-refractivity contribution in [3.8, 4) is 17.2 Å². The Morgan fingerprint density at radius 3 is 2.59 bits per heavy atom. The number of ether oxygens (including phenoxy) is 4. The highest BCUT2D eigenvalue weighted by Gasteiger charge is 2.59. The molecule has 0 saturated carbocycles. The van der Waals surface area contributed by atoms with Gasteiger partial charge in [0, 0.05) is 12.1 Å². The predicted molar refractivity (Wildman–Crippen MR) is 177 cm³/mol. The van der Waals surface area contributed by atoms with Crippen molar-refractivity contribution in [1.82, 2.24) is 9.88 Å². The van der Waals surface area contributed by atoms with Crippen molar-refractivity contribution < 1.29 is 38.4 Å². The third-order valence-corrected chi connectivity index (χ3v) is 9.63. The molecule has 3 aromatic rings. The number of phenolic OH excluding ortho intramolecular Hbond substituents is 1. The maximum atomic E-state index is 13.5. The minimum absolute atomic E-state index is 0.0866. The molecule has 11 heteroatoms. The molecule has 0 bridgehead atoms. The van der Waals surface area contributed by atoms with Gasteiger partial charge in [-0.2, -0.15) is 4.90 Å². The number of allylic oxidation sites excluding steroid dienone is 1. The Morgan fingerprint density at radius 2 is 1.87 bits per heavy atom. The van der Waals surface area contributed by atoms with E-state index in [9.17, 15) is 19.5 Å². The van der Waals surface area contributed by atoms with Gasteiger partial charge in [0.2, 0.25) is 11.8 Å². The fourth-order valence-corrected chi connectivity index (χ4v) is 7.34. The molecule has 0 spiro atoms. The van der Waals surface area contributed by atoms with Crippen LogP contribution in [0.4, 0.5) is 4.79 Å². The van der Waals surface area contributed by atoms with Crippen LogP contribution in [-0.4, -0.2) is 66.4 Å². The fraction of sp³-hybridized carbons (Fsp3) is 0.314. The minimum atomic E-state index is -0.964. The van der Waals surface area contributed by atoms with Gasteiger partial charge in [0.05, 0.1) is 48.0 Å². The van der Waals surface area contributed by atoms with Gasteiger partial charge in [-0.15, -0.1) is 0 Å². The first kappa shape index (κ1) is 31.7. The monoisotopic (exact) mass is 736 g/mol. The molecule has 2 aliphatic heterocycles. The zero-order valence-corrected chi connectivity index (χ0v) is 27.5. The topological polar surface area (TPSA) is 124 Å². The molecule has 3 heterocycles. The van der Waals surface area contributed by atoms with Crippen LogP contribution in [0.5, 0.6) is 17.2 Å². The van der Waals surface area contributed by atoms with Gasteiger partial charge in [0.25, 0.3) is 0 Å². The van der Waals surface area contributed by atoms with Crippen molar-refractivity contribution in [2.45, 2.75) is 25.4 Å². The third-order valence-electron chi connectivity index (χ3n) is 8.80. The summed E-state index contributed by atoms with van der Waals surface area (Å²) in [6.07, 6.45) is 3.92. The van der Waals surface area contributed by atoms with Crippen LogP contribution in [-0.2, 0) is 19.1 Å². The molecule has 46 heavy (non-hydrogen) atoms. The Labute approximate surface area is 280 Å². The number of nitrogens with zero attached hydrogens (tertiary/aromatic N) is 2. The third kappa shape index (κ3) is 6.13. The Hall–Kier alpha value is -4.23. The average molecular weight is 737 g/mol. The van der Waals surface area contributed by atoms with E-state index in [0.29, 0.717) is 32.8 Å². The average Bonchev–Trinajstić information content (AvgIpc) is 3.61. The number of imide groups is 3. The lowest BCUT2D eigenvalue weighted by molar-refractivity contribution is -0.137. The maximum absolute atomic E-state index is 13.5. The summed E-state index contributed by atoms with van der Waals surface area (Å²) in [4.78, 5) is 44.5. The number of hydrogen-bond acceptors (Lipinski definition) is 9. The molecular weight excluding hydrogens is 703 g/mol. The van der Waals surface area contributed by atoms with E-state index in [0.717, 1.165) is 35.1 Å². The highest BCUT2D eigenvalue weighted by molar-refractivity contribution is 14.1. The van der Waals surface area contributed by atoms with E-state index in [1.807, 2.05) is 60.7 Å². The van der Waals surface area contributed by atoms with Crippen LogP contribution in [0, 0.1) is 21.3 Å². The molecule has 238 valence electrons. The standard InChI is InChI=1S/C35H33IN2O8/c1-43-29-16-20(15-26(36)32(29)39)14-21(27-10-6-7-13-37-27)11-12-28-30-22(18-45-23-8-4-3-5-9-23)17-24-31(25(30)19-46-28)34(41)38(33(24)40)35(42)44-2/h3-10,13-16,24-25,28,31,39H,11-12,17-19H2,1-2H3/b21-14-/t24-,25+,28-,31-/m1/s1. The summed E-state index contributed by atoms with van der Waals surface area (Å²) in [6, 6.07) is 18.8. The zero-order valence-electron chi connectivity index (χ0n) is 25.4. The quantitative estimate of drug-likeness (QED) is 0.163. The van der Waals surface area contributed by atoms with Crippen LogP contribution in [0.15, 0.2) is 78.0 Å². The second kappa shape index (κ2) is 13.6. The maximum Gasteiger partial charge on any atom is 0.423 e. The van der Waals surface area contributed by atoms with E-state index in [-0.39, 0.29) is 37.4 Å². The van der Waals surface area contributed by atoms with Gasteiger partial charge in [0.15, 0.2) is 11.5 Å². The molecule has 3 aliphatic rings. The van der Waals surface area contributed by atoms with Crippen LogP contribution in [0.25, 0.3) is 11.6 Å². The number of aromatic hydroxyl groups is 1. The largest absolute Gasteiger partial charge is 0.504 e. The minimum Gasteiger partial charge on any atom is -0.504 e. The molecular formula is C35H33IN2O8. The fourth-order valence-electron chi connectivity index (χ4n) is 6.71. The van der Waals surface area contributed by atoms with Crippen molar-refractivity contribution in [2.24, 2.45) is 17.8 Å². The smallest absolute Gasteiger partial charge is 0.423 e. The van der Waals surface area contributed by atoms with Crippen molar-refractivity contribution >= 4 is 52.1 Å². The number of phenols is 1. The zero-order chi connectivity index (χ0) is 32.4. The van der Waals surface area contributed by atoms with E-state index in [4.69, 9.17) is 18.9 Å². The molecule has 0 radical (unpaired) electrons. The van der Waals surface area contributed by atoms with Crippen LogP contribution in [0.2, 0.25) is 0 Å². The van der Waals surface area contributed by atoms with E-state index < -0.39 is 29.7 Å². The van der Waals surface area contributed by atoms with Gasteiger partial charge in [-0.05, 0) is 107 Å². The first-order chi connectivity index (χ1) is 22.3. The summed E-state index contributed by atoms with van der Waals surface area (Å²) in [6.45, 7) is 0.479. The lowest BCUT2D eigenvalue weighted by atomic mass is 9.69. The van der Waals surface area contributed by atoms with Crippen LogP contribution < -0.4 is 9.47 Å². The first-order valence-electron chi connectivity index (χ1n) is 15.0. The number of likely N-dealkylation sites (tertiary alicyclic amines) is 1. The second-order valence-corrected chi connectivity index (χ2v) is 12.5. The molecule has 0 unspecified atom stereocenters. The lowest BCUT2D eigenvalue weighted by Crippen LogP contribution is -2.38. The summed E-state index contributed by atoms with van der Waals surface area (Å²) >= 11 is 2.07. The number of pyridine rings is 1. The number of halogens is 1. The number of aromatic nitrogens is 1. The van der Waals surface area contributed by atoms with Crippen LogP contribution >= 0.6 is 22.6 Å². The number of fused-ring (bicyclic) bond motifs is 3. The number of hydrogen-bond donors (Lipinski definition) is 1. The highest BCUT2D eigenvalue weighted by Crippen LogP contribution is 2.50. The van der Waals surface area contributed by atoms with Crippen LogP contribution in [0.3, 0.4) is 0 Å². The Morgan fingerprint density at radius 1 is 1.09 bits per heavy atom. The molecule has 1 aromatic heterocycles. The normalized spacial score (nSPS) is 22.5. The lowest BCUT2D eigenvalue weighted by Gasteiger charge is -2.31. The van der Waals surface area contributed by atoms with E-state index in [2.05, 4.69) is 27.6 Å². The molecule has 10 nitrogen and oxygen atoms in total. The van der Waals surface area contributed by atoms with Crippen LogP contribution in [0.1, 0.15) is 30.5 Å². The van der Waals surface area contributed by atoms with Gasteiger partial charge in [0.1, 0.15) is 12.4 Å². The molecule has 4 atom stereocenters. The Bertz CT molecular complexity index is 1710. The Kier molecular flexibility index (Phi) is 9.41. The van der Waals surface area contributed by atoms with Gasteiger partial charge in [-0.1, -0.05) is 24.3 Å². The molecule has 1 aliphatic carbocycles. The molecule has 2 aromatic carbocycles. The van der Waals surface area contributed by atoms with Gasteiger partial charge < -0.3 is 24.1 Å². The number of amides is 3. The van der Waals surface area contributed by atoms with E-state index in [1.165, 1.54) is 7.11 Å². The van der Waals surface area contributed by atoms with Crippen molar-refractivity contribution in [3.63, 3.8) is 0 Å². The molecule has 6 rings (SSSR count). The summed E-state index contributed by atoms with van der Waals surface area (Å²) in [7, 11) is 2.67. The predicted octanol–water partition coefficient (Wildman–Crippen LogP) is 5.88. The molecule has 2 saturated heterocycles. The number of carbonyl (C=O) groups excluding carboxylic acids is 3. The van der Waals surface area contributed by atoms with Gasteiger partial charge in [-0.3, -0.25) is 14.6 Å². The van der Waals surface area contributed by atoms with Crippen molar-refractivity contribution in [1.29, 1.82) is 0 Å². The van der Waals surface area contributed by atoms with Crippen molar-refractivity contribution in [2.75, 3.05) is 27.4 Å².